The number of anilines is 2. The van der Waals surface area contributed by atoms with Crippen LogP contribution in [0.1, 0.15) is 15.9 Å². The molecule has 1 N–H and O–H groups in total. The van der Waals surface area contributed by atoms with Crippen molar-refractivity contribution in [2.75, 3.05) is 26.6 Å². The van der Waals surface area contributed by atoms with Gasteiger partial charge in [0.05, 0.1) is 25.5 Å². The number of ether oxygens (including phenoxy) is 2. The van der Waals surface area contributed by atoms with Gasteiger partial charge in [0.25, 0.3) is 5.91 Å². The molecule has 144 valence electrons. The molecule has 3 rings (SSSR count). The lowest BCUT2D eigenvalue weighted by Crippen LogP contribution is -2.26. The fourth-order valence-corrected chi connectivity index (χ4v) is 2.78. The first-order valence-corrected chi connectivity index (χ1v) is 8.85. The van der Waals surface area contributed by atoms with Crippen molar-refractivity contribution < 1.29 is 14.3 Å². The topological polar surface area (TPSA) is 63.7 Å². The summed E-state index contributed by atoms with van der Waals surface area (Å²) in [5.74, 6) is 1.89. The number of hydrogen-bond donors (Lipinski definition) is 1. The van der Waals surface area contributed by atoms with E-state index in [0.717, 1.165) is 11.3 Å². The summed E-state index contributed by atoms with van der Waals surface area (Å²) in [6.45, 7) is 0.544. The van der Waals surface area contributed by atoms with Crippen molar-refractivity contribution in [1.82, 2.24) is 9.88 Å². The van der Waals surface area contributed by atoms with Gasteiger partial charge in [0.15, 0.2) is 0 Å². The van der Waals surface area contributed by atoms with Crippen LogP contribution in [0, 0.1) is 0 Å². The van der Waals surface area contributed by atoms with Gasteiger partial charge in [0.1, 0.15) is 17.3 Å². The van der Waals surface area contributed by atoms with Crippen molar-refractivity contribution in [2.24, 2.45) is 0 Å². The monoisotopic (exact) mass is 377 g/mol. The highest BCUT2D eigenvalue weighted by atomic mass is 16.5. The molecule has 0 bridgehead atoms. The molecule has 1 amide bonds. The van der Waals surface area contributed by atoms with Crippen molar-refractivity contribution in [1.29, 1.82) is 0 Å². The minimum atomic E-state index is -0.0788. The van der Waals surface area contributed by atoms with Gasteiger partial charge in [-0.15, -0.1) is 0 Å². The van der Waals surface area contributed by atoms with Crippen molar-refractivity contribution in [2.45, 2.75) is 6.54 Å². The molecule has 1 heterocycles. The number of aromatic nitrogens is 1. The van der Waals surface area contributed by atoms with E-state index in [1.165, 1.54) is 0 Å². The van der Waals surface area contributed by atoms with E-state index in [4.69, 9.17) is 9.47 Å². The molecular weight excluding hydrogens is 354 g/mol. The van der Waals surface area contributed by atoms with Gasteiger partial charge >= 0.3 is 0 Å². The number of carbonyl (C=O) groups excluding carboxylic acids is 1. The molecule has 0 radical (unpaired) electrons. The highest BCUT2D eigenvalue weighted by molar-refractivity contribution is 5.94. The van der Waals surface area contributed by atoms with E-state index in [1.54, 1.807) is 50.6 Å². The first kappa shape index (κ1) is 19.2. The van der Waals surface area contributed by atoms with E-state index < -0.39 is 0 Å². The molecule has 0 aliphatic carbocycles. The summed E-state index contributed by atoms with van der Waals surface area (Å²) < 4.78 is 10.6. The predicted molar refractivity (Wildman–Crippen MR) is 109 cm³/mol. The van der Waals surface area contributed by atoms with Crippen LogP contribution in [0.3, 0.4) is 0 Å². The minimum Gasteiger partial charge on any atom is -0.497 e. The molecule has 0 spiro atoms. The summed E-state index contributed by atoms with van der Waals surface area (Å²) in [5.41, 5.74) is 2.37. The number of hydrogen-bond acceptors (Lipinski definition) is 5. The molecule has 28 heavy (non-hydrogen) atoms. The van der Waals surface area contributed by atoms with Crippen LogP contribution in [0.25, 0.3) is 0 Å². The average molecular weight is 377 g/mol. The Morgan fingerprint density at radius 2 is 1.82 bits per heavy atom. The molecule has 6 heteroatoms. The number of rotatable bonds is 7. The first-order chi connectivity index (χ1) is 13.6. The molecule has 0 fully saturated rings. The van der Waals surface area contributed by atoms with Crippen LogP contribution in [0.4, 0.5) is 11.5 Å². The maximum absolute atomic E-state index is 12.6. The van der Waals surface area contributed by atoms with Crippen molar-refractivity contribution in [3.05, 3.63) is 78.0 Å². The molecule has 0 atom stereocenters. The Bertz CT molecular complexity index is 928. The van der Waals surface area contributed by atoms with Gasteiger partial charge in [0.2, 0.25) is 0 Å². The highest BCUT2D eigenvalue weighted by Crippen LogP contribution is 2.31. The van der Waals surface area contributed by atoms with Crippen LogP contribution < -0.4 is 14.8 Å². The molecule has 0 aliphatic heterocycles. The van der Waals surface area contributed by atoms with Gasteiger partial charge in [-0.1, -0.05) is 30.3 Å². The third kappa shape index (κ3) is 4.59. The molecule has 0 saturated carbocycles. The summed E-state index contributed by atoms with van der Waals surface area (Å²) >= 11 is 0. The zero-order valence-electron chi connectivity index (χ0n) is 16.2. The Morgan fingerprint density at radius 1 is 1.04 bits per heavy atom. The summed E-state index contributed by atoms with van der Waals surface area (Å²) in [5, 5.41) is 3.19. The van der Waals surface area contributed by atoms with Gasteiger partial charge in [-0.3, -0.25) is 4.79 Å². The number of carbonyl (C=O) groups is 1. The molecule has 1 aromatic heterocycles. The average Bonchev–Trinajstić information content (AvgIpc) is 2.74. The molecule has 6 nitrogen and oxygen atoms in total. The zero-order chi connectivity index (χ0) is 19.9. The normalized spacial score (nSPS) is 10.2. The van der Waals surface area contributed by atoms with Gasteiger partial charge in [0, 0.05) is 25.9 Å². The molecule has 3 aromatic rings. The molecule has 0 saturated heterocycles. The Kier molecular flexibility index (Phi) is 6.11. The first-order valence-electron chi connectivity index (χ1n) is 8.85. The summed E-state index contributed by atoms with van der Waals surface area (Å²) in [7, 11) is 4.98. The number of pyridine rings is 1. The van der Waals surface area contributed by atoms with Crippen molar-refractivity contribution in [3.63, 3.8) is 0 Å². The number of amides is 1. The van der Waals surface area contributed by atoms with Crippen molar-refractivity contribution in [3.8, 4) is 11.5 Å². The number of nitrogens with one attached hydrogen (secondary N) is 1. The maximum atomic E-state index is 12.6. The predicted octanol–water partition coefficient (Wildman–Crippen LogP) is 4.11. The van der Waals surface area contributed by atoms with Crippen molar-refractivity contribution >= 4 is 17.4 Å². The van der Waals surface area contributed by atoms with E-state index >= 15 is 0 Å². The summed E-state index contributed by atoms with van der Waals surface area (Å²) in [6.07, 6.45) is 1.57. The maximum Gasteiger partial charge on any atom is 0.255 e. The Morgan fingerprint density at radius 3 is 2.46 bits per heavy atom. The van der Waals surface area contributed by atoms with Gasteiger partial charge < -0.3 is 19.7 Å². The van der Waals surface area contributed by atoms with E-state index in [0.29, 0.717) is 29.4 Å². The van der Waals surface area contributed by atoms with E-state index in [9.17, 15) is 4.79 Å². The third-order valence-electron chi connectivity index (χ3n) is 4.29. The van der Waals surface area contributed by atoms with Crippen LogP contribution in [-0.4, -0.2) is 37.1 Å². The van der Waals surface area contributed by atoms with Crippen LogP contribution >= 0.6 is 0 Å². The second-order valence-corrected chi connectivity index (χ2v) is 6.27. The lowest BCUT2D eigenvalue weighted by Gasteiger charge is -2.17. The van der Waals surface area contributed by atoms with Gasteiger partial charge in [-0.2, -0.15) is 0 Å². The molecule has 0 aliphatic rings. The second-order valence-electron chi connectivity index (χ2n) is 6.27. The SMILES string of the molecule is COc1ccc(Nc2ccc(C(=O)N(C)Cc3ccccc3)cn2)c(OC)c1. The standard InChI is InChI=1S/C22H23N3O3/c1-25(15-16-7-5-4-6-8-16)22(26)17-9-12-21(23-14-17)24-19-11-10-18(27-2)13-20(19)28-3/h4-14H,15H2,1-3H3,(H,23,24). The van der Waals surface area contributed by atoms with E-state index in [1.807, 2.05) is 42.5 Å². The van der Waals surface area contributed by atoms with E-state index in [2.05, 4.69) is 10.3 Å². The van der Waals surface area contributed by atoms with Crippen LogP contribution in [0.2, 0.25) is 0 Å². The largest absolute Gasteiger partial charge is 0.497 e. The molecular formula is C22H23N3O3. The lowest BCUT2D eigenvalue weighted by molar-refractivity contribution is 0.0784. The Labute approximate surface area is 164 Å². The minimum absolute atomic E-state index is 0.0788. The van der Waals surface area contributed by atoms with E-state index in [-0.39, 0.29) is 5.91 Å². The Hall–Kier alpha value is -3.54. The molecule has 0 unspecified atom stereocenters. The quantitative estimate of drug-likeness (QED) is 0.671. The Balaban J connectivity index is 1.68. The fraction of sp³-hybridized carbons (Fsp3) is 0.182. The third-order valence-corrected chi connectivity index (χ3v) is 4.29. The lowest BCUT2D eigenvalue weighted by atomic mass is 10.2. The number of benzene rings is 2. The van der Waals surface area contributed by atoms with Gasteiger partial charge in [-0.05, 0) is 29.8 Å². The smallest absolute Gasteiger partial charge is 0.255 e. The van der Waals surface area contributed by atoms with Crippen LogP contribution in [0.15, 0.2) is 66.9 Å². The fourth-order valence-electron chi connectivity index (χ4n) is 2.78. The van der Waals surface area contributed by atoms with Gasteiger partial charge in [-0.25, -0.2) is 4.98 Å². The van der Waals surface area contributed by atoms with Crippen LogP contribution in [-0.2, 0) is 6.54 Å². The van der Waals surface area contributed by atoms with Crippen LogP contribution in [0.5, 0.6) is 11.5 Å². The number of nitrogens with zero attached hydrogens (tertiary/aromatic N) is 2. The summed E-state index contributed by atoms with van der Waals surface area (Å²) in [6, 6.07) is 18.9. The summed E-state index contributed by atoms with van der Waals surface area (Å²) in [4.78, 5) is 18.7. The zero-order valence-corrected chi connectivity index (χ0v) is 16.2. The second kappa shape index (κ2) is 8.90. The number of methoxy groups -OCH3 is 2. The molecule has 2 aromatic carbocycles. The highest BCUT2D eigenvalue weighted by Gasteiger charge is 2.13.